The number of methoxy groups -OCH3 is 3. The van der Waals surface area contributed by atoms with Crippen LogP contribution in [0.3, 0.4) is 0 Å². The topological polar surface area (TPSA) is 167 Å². The molecule has 14 nitrogen and oxygen atoms in total. The highest BCUT2D eigenvalue weighted by molar-refractivity contribution is 8.00. The van der Waals surface area contributed by atoms with Crippen LogP contribution in [0.2, 0.25) is 0 Å². The van der Waals surface area contributed by atoms with Crippen LogP contribution in [0.4, 0.5) is 5.13 Å². The summed E-state index contributed by atoms with van der Waals surface area (Å²) >= 11 is 2.57. The van der Waals surface area contributed by atoms with E-state index in [0.717, 1.165) is 22.8 Å². The molecule has 63 heavy (non-hydrogen) atoms. The summed E-state index contributed by atoms with van der Waals surface area (Å²) in [6, 6.07) is 34.0. The smallest absolute Gasteiger partial charge is 0.355 e. The van der Waals surface area contributed by atoms with Crippen molar-refractivity contribution in [3.63, 3.8) is 0 Å². The van der Waals surface area contributed by atoms with Gasteiger partial charge in [-0.2, -0.15) is 0 Å². The molecule has 2 atom stereocenters. The highest BCUT2D eigenvalue weighted by Crippen LogP contribution is 2.43. The number of esters is 2. The molecule has 0 spiro atoms. The average molecular weight is 886 g/mol. The third-order valence-corrected chi connectivity index (χ3v) is 12.2. The molecular weight excluding hydrogens is 843 g/mol. The fourth-order valence-electron chi connectivity index (χ4n) is 7.13. The number of allylic oxidation sites excluding steroid dienone is 1. The molecule has 0 saturated carbocycles. The fourth-order valence-corrected chi connectivity index (χ4v) is 9.20. The fraction of sp³-hybridized carbons (Fsp3) is 0.191. The van der Waals surface area contributed by atoms with Crippen molar-refractivity contribution in [3.8, 4) is 11.5 Å². The number of amides is 2. The maximum absolute atomic E-state index is 14.2. The standard InChI is InChI=1S/C47H43N5O9S2/c1-5-25-61-51-39(36-29-63-46(48-36)50-47(32-15-9-6-10-16-32,33-17-11-7-12-18-33)34-19-13-8-14-20-34)42(54)49-40-43(55)52-41(31(28-62-44(40)52)22-24-38(53)59-4)45(56)60-27-30-21-23-35(57-2)26-37(30)58-3/h5-24,26,29,40,44H,1,25,27-28H2,2-4H3,(H,48,50)(H,49,54)/b24-22-,51-39-/t40-,44-/m1/s1. The summed E-state index contributed by atoms with van der Waals surface area (Å²) in [5.74, 6) is -1.60. The van der Waals surface area contributed by atoms with Gasteiger partial charge in [0.2, 0.25) is 0 Å². The molecule has 0 unspecified atom stereocenters. The lowest BCUT2D eigenvalue weighted by Crippen LogP contribution is -2.71. The number of anilines is 1. The molecule has 7 rings (SSSR count). The van der Waals surface area contributed by atoms with Gasteiger partial charge in [0, 0.05) is 28.8 Å². The van der Waals surface area contributed by atoms with Gasteiger partial charge in [0.25, 0.3) is 11.8 Å². The number of oxime groups is 1. The van der Waals surface area contributed by atoms with Gasteiger partial charge >= 0.3 is 11.9 Å². The summed E-state index contributed by atoms with van der Waals surface area (Å²) in [7, 11) is 4.23. The molecule has 2 aliphatic heterocycles. The lowest BCUT2D eigenvalue weighted by Gasteiger charge is -2.49. The third-order valence-electron chi connectivity index (χ3n) is 10.2. The normalized spacial score (nSPS) is 16.1. The second kappa shape index (κ2) is 20.1. The highest BCUT2D eigenvalue weighted by Gasteiger charge is 2.54. The Hall–Kier alpha value is -7.17. The minimum Gasteiger partial charge on any atom is -0.497 e. The first kappa shape index (κ1) is 43.9. The summed E-state index contributed by atoms with van der Waals surface area (Å²) in [5, 5.41) is 12.1. The molecule has 4 aromatic carbocycles. The van der Waals surface area contributed by atoms with Gasteiger partial charge in [-0.05, 0) is 40.5 Å². The Morgan fingerprint density at radius 3 is 2.16 bits per heavy atom. The van der Waals surface area contributed by atoms with Gasteiger partial charge in [0.1, 0.15) is 53.1 Å². The Morgan fingerprint density at radius 1 is 0.921 bits per heavy atom. The zero-order valence-electron chi connectivity index (χ0n) is 34.5. The van der Waals surface area contributed by atoms with E-state index in [1.165, 1.54) is 61.5 Å². The first-order valence-corrected chi connectivity index (χ1v) is 21.5. The van der Waals surface area contributed by atoms with Crippen molar-refractivity contribution in [1.82, 2.24) is 15.2 Å². The van der Waals surface area contributed by atoms with E-state index in [4.69, 9.17) is 28.8 Å². The van der Waals surface area contributed by atoms with Crippen molar-refractivity contribution in [1.29, 1.82) is 0 Å². The van der Waals surface area contributed by atoms with E-state index in [1.54, 1.807) is 23.6 Å². The van der Waals surface area contributed by atoms with E-state index in [9.17, 15) is 19.2 Å². The first-order valence-electron chi connectivity index (χ1n) is 19.6. The number of β-lactam (4-membered cyclic amide) rings is 1. The molecule has 0 radical (unpaired) electrons. The van der Waals surface area contributed by atoms with Crippen LogP contribution in [-0.4, -0.2) is 84.5 Å². The van der Waals surface area contributed by atoms with E-state index < -0.39 is 40.7 Å². The number of hydrogen-bond donors (Lipinski definition) is 2. The molecule has 2 N–H and O–H groups in total. The molecule has 1 saturated heterocycles. The quantitative estimate of drug-likeness (QED) is 0.0142. The Bertz CT molecular complexity index is 2470. The Labute approximate surface area is 372 Å². The second-order valence-corrected chi connectivity index (χ2v) is 15.8. The number of hydrogen-bond acceptors (Lipinski definition) is 14. The molecule has 1 aromatic heterocycles. The Morgan fingerprint density at radius 2 is 1.57 bits per heavy atom. The molecule has 5 aromatic rings. The van der Waals surface area contributed by atoms with Crippen molar-refractivity contribution in [2.24, 2.45) is 5.16 Å². The summed E-state index contributed by atoms with van der Waals surface area (Å²) in [4.78, 5) is 65.7. The van der Waals surface area contributed by atoms with Crippen LogP contribution in [0.25, 0.3) is 0 Å². The predicted molar refractivity (Wildman–Crippen MR) is 240 cm³/mol. The summed E-state index contributed by atoms with van der Waals surface area (Å²) in [5.41, 5.74) is 2.84. The molecule has 3 heterocycles. The maximum atomic E-state index is 14.2. The molecule has 16 heteroatoms. The first-order chi connectivity index (χ1) is 30.7. The van der Waals surface area contributed by atoms with E-state index in [1.807, 2.05) is 91.0 Å². The molecule has 1 fully saturated rings. The van der Waals surface area contributed by atoms with Gasteiger partial charge in [-0.15, -0.1) is 23.1 Å². The summed E-state index contributed by atoms with van der Waals surface area (Å²) in [6.45, 7) is 3.49. The summed E-state index contributed by atoms with van der Waals surface area (Å²) < 4.78 is 21.2. The van der Waals surface area contributed by atoms with Gasteiger partial charge in [0.15, 0.2) is 10.8 Å². The number of thioether (sulfide) groups is 1. The average Bonchev–Trinajstić information content (AvgIpc) is 3.80. The molecular formula is C47H43N5O9S2. The van der Waals surface area contributed by atoms with E-state index in [0.29, 0.717) is 27.8 Å². The SMILES string of the molecule is C=CCO/N=C(\C(=O)N[C@@H]1C(=O)N2C(C(=O)OCc3ccc(OC)cc3OC)=C(/C=C\C(=O)OC)CS[C@H]12)c1csc(NC(c2ccccc2)(c2ccccc2)c2ccccc2)n1. The molecule has 2 amide bonds. The van der Waals surface area contributed by atoms with Gasteiger partial charge < -0.3 is 34.4 Å². The molecule has 0 aliphatic carbocycles. The second-order valence-electron chi connectivity index (χ2n) is 13.9. The summed E-state index contributed by atoms with van der Waals surface area (Å²) in [6.07, 6.45) is 4.05. The van der Waals surface area contributed by atoms with Gasteiger partial charge in [0.05, 0.1) is 21.3 Å². The van der Waals surface area contributed by atoms with Crippen molar-refractivity contribution >= 4 is 57.7 Å². The van der Waals surface area contributed by atoms with Crippen molar-refractivity contribution in [2.75, 3.05) is 39.0 Å². The van der Waals surface area contributed by atoms with Gasteiger partial charge in [-0.3, -0.25) is 14.5 Å². The zero-order valence-corrected chi connectivity index (χ0v) is 36.2. The lowest BCUT2D eigenvalue weighted by atomic mass is 9.77. The minimum atomic E-state index is -1.07. The molecule has 322 valence electrons. The number of carbonyl (C=O) groups is 4. The van der Waals surface area contributed by atoms with Crippen LogP contribution in [0.5, 0.6) is 11.5 Å². The minimum absolute atomic E-state index is 0.000303. The van der Waals surface area contributed by atoms with Crippen LogP contribution in [0.1, 0.15) is 27.9 Å². The van der Waals surface area contributed by atoms with Crippen LogP contribution in [-0.2, 0) is 45.6 Å². The zero-order chi connectivity index (χ0) is 44.3. The number of ether oxygens (including phenoxy) is 4. The van der Waals surface area contributed by atoms with E-state index >= 15 is 0 Å². The molecule has 0 bridgehead atoms. The van der Waals surface area contributed by atoms with Gasteiger partial charge in [-0.25, -0.2) is 14.6 Å². The van der Waals surface area contributed by atoms with Crippen molar-refractivity contribution < 1.29 is 43.0 Å². The van der Waals surface area contributed by atoms with E-state index in [2.05, 4.69) is 22.4 Å². The van der Waals surface area contributed by atoms with Gasteiger partial charge in [-0.1, -0.05) is 109 Å². The van der Waals surface area contributed by atoms with Crippen LogP contribution < -0.4 is 20.1 Å². The highest BCUT2D eigenvalue weighted by atomic mass is 32.2. The van der Waals surface area contributed by atoms with E-state index in [-0.39, 0.29) is 36.1 Å². The number of nitrogens with one attached hydrogen (secondary N) is 2. The number of thiazole rings is 1. The Kier molecular flexibility index (Phi) is 14.0. The van der Waals surface area contributed by atoms with Crippen LogP contribution in [0, 0.1) is 0 Å². The number of benzene rings is 4. The number of nitrogens with zero attached hydrogens (tertiary/aromatic N) is 3. The van der Waals surface area contributed by atoms with Crippen LogP contribution in [0.15, 0.2) is 156 Å². The largest absolute Gasteiger partial charge is 0.497 e. The van der Waals surface area contributed by atoms with Crippen molar-refractivity contribution in [2.45, 2.75) is 23.6 Å². The third kappa shape index (κ3) is 9.37. The number of carbonyl (C=O) groups excluding carboxylic acids is 4. The predicted octanol–water partition coefficient (Wildman–Crippen LogP) is 6.60. The lowest BCUT2D eigenvalue weighted by molar-refractivity contribution is -0.153. The maximum Gasteiger partial charge on any atom is 0.355 e. The number of aromatic nitrogens is 1. The number of fused-ring (bicyclic) bond motifs is 1. The van der Waals surface area contributed by atoms with Crippen LogP contribution >= 0.6 is 23.1 Å². The monoisotopic (exact) mass is 885 g/mol. The van der Waals surface area contributed by atoms with Crippen molar-refractivity contribution in [3.05, 3.63) is 179 Å². The molecule has 2 aliphatic rings. The Balaban J connectivity index is 1.15. The number of rotatable bonds is 18.